The standard InChI is InChI=1S/C17H21N3/c1-3-12-8-5-6-9-13(12)17-19-15-11-7-10-14(15)16(20-17)18-4-2/h5-6,8-9H,3-4,7,10-11H2,1-2H3,(H,18,19,20). The second-order valence-electron chi connectivity index (χ2n) is 5.22. The van der Waals surface area contributed by atoms with Crippen LogP contribution >= 0.6 is 0 Å². The molecule has 1 aromatic carbocycles. The van der Waals surface area contributed by atoms with Crippen molar-refractivity contribution in [3.8, 4) is 11.4 Å². The van der Waals surface area contributed by atoms with Gasteiger partial charge in [0.05, 0.1) is 0 Å². The van der Waals surface area contributed by atoms with Gasteiger partial charge < -0.3 is 5.32 Å². The molecular weight excluding hydrogens is 246 g/mol. The van der Waals surface area contributed by atoms with Gasteiger partial charge in [0.25, 0.3) is 0 Å². The summed E-state index contributed by atoms with van der Waals surface area (Å²) >= 11 is 0. The van der Waals surface area contributed by atoms with Crippen LogP contribution in [0.4, 0.5) is 5.82 Å². The van der Waals surface area contributed by atoms with Crippen LogP contribution in [-0.2, 0) is 19.3 Å². The zero-order chi connectivity index (χ0) is 13.9. The monoisotopic (exact) mass is 267 g/mol. The third-order valence-corrected chi connectivity index (χ3v) is 3.92. The summed E-state index contributed by atoms with van der Waals surface area (Å²) in [6.07, 6.45) is 4.39. The summed E-state index contributed by atoms with van der Waals surface area (Å²) in [5.74, 6) is 1.91. The largest absolute Gasteiger partial charge is 0.370 e. The molecule has 1 heterocycles. The molecule has 0 saturated carbocycles. The Labute approximate surface area is 120 Å². The zero-order valence-corrected chi connectivity index (χ0v) is 12.2. The van der Waals surface area contributed by atoms with Crippen molar-refractivity contribution in [1.82, 2.24) is 9.97 Å². The highest BCUT2D eigenvalue weighted by Crippen LogP contribution is 2.30. The lowest BCUT2D eigenvalue weighted by Gasteiger charge is -2.12. The minimum atomic E-state index is 0.874. The van der Waals surface area contributed by atoms with E-state index < -0.39 is 0 Å². The van der Waals surface area contributed by atoms with Crippen molar-refractivity contribution in [2.24, 2.45) is 0 Å². The molecule has 0 unspecified atom stereocenters. The lowest BCUT2D eigenvalue weighted by Crippen LogP contribution is -2.07. The number of fused-ring (bicyclic) bond motifs is 1. The van der Waals surface area contributed by atoms with Gasteiger partial charge in [-0.05, 0) is 38.2 Å². The van der Waals surface area contributed by atoms with Crippen molar-refractivity contribution in [2.75, 3.05) is 11.9 Å². The van der Waals surface area contributed by atoms with Crippen LogP contribution in [0.25, 0.3) is 11.4 Å². The first-order chi connectivity index (χ1) is 9.83. The molecule has 0 fully saturated rings. The number of rotatable bonds is 4. The fourth-order valence-corrected chi connectivity index (χ4v) is 2.91. The van der Waals surface area contributed by atoms with Gasteiger partial charge in [-0.3, -0.25) is 0 Å². The molecule has 0 aliphatic heterocycles. The molecule has 20 heavy (non-hydrogen) atoms. The third-order valence-electron chi connectivity index (χ3n) is 3.92. The first-order valence-corrected chi connectivity index (χ1v) is 7.55. The van der Waals surface area contributed by atoms with E-state index in [1.165, 1.54) is 28.8 Å². The Bertz CT molecular complexity index is 620. The van der Waals surface area contributed by atoms with Gasteiger partial charge in [0.2, 0.25) is 0 Å². The van der Waals surface area contributed by atoms with Gasteiger partial charge in [0.15, 0.2) is 5.82 Å². The second-order valence-corrected chi connectivity index (χ2v) is 5.22. The average molecular weight is 267 g/mol. The summed E-state index contributed by atoms with van der Waals surface area (Å²) in [4.78, 5) is 9.61. The van der Waals surface area contributed by atoms with E-state index in [9.17, 15) is 0 Å². The highest BCUT2D eigenvalue weighted by Gasteiger charge is 2.20. The second kappa shape index (κ2) is 5.61. The Morgan fingerprint density at radius 3 is 2.75 bits per heavy atom. The molecule has 3 rings (SSSR count). The number of aromatic nitrogens is 2. The number of nitrogens with zero attached hydrogens (tertiary/aromatic N) is 2. The van der Waals surface area contributed by atoms with Crippen LogP contribution in [0, 0.1) is 0 Å². The van der Waals surface area contributed by atoms with Crippen LogP contribution in [-0.4, -0.2) is 16.5 Å². The molecule has 0 bridgehead atoms. The highest BCUT2D eigenvalue weighted by molar-refractivity contribution is 5.64. The smallest absolute Gasteiger partial charge is 0.162 e. The summed E-state index contributed by atoms with van der Waals surface area (Å²) in [7, 11) is 0. The fourth-order valence-electron chi connectivity index (χ4n) is 2.91. The Morgan fingerprint density at radius 1 is 1.10 bits per heavy atom. The van der Waals surface area contributed by atoms with Gasteiger partial charge in [0.1, 0.15) is 5.82 Å². The number of anilines is 1. The van der Waals surface area contributed by atoms with Crippen LogP contribution in [0.3, 0.4) is 0 Å². The molecule has 104 valence electrons. The minimum absolute atomic E-state index is 0.874. The molecule has 3 heteroatoms. The van der Waals surface area contributed by atoms with Gasteiger partial charge in [-0.25, -0.2) is 9.97 Å². The average Bonchev–Trinajstić information content (AvgIpc) is 2.96. The molecule has 1 aromatic heterocycles. The van der Waals surface area contributed by atoms with Crippen molar-refractivity contribution in [3.05, 3.63) is 41.1 Å². The lowest BCUT2D eigenvalue weighted by atomic mass is 10.0. The van der Waals surface area contributed by atoms with Crippen LogP contribution in [0.15, 0.2) is 24.3 Å². The fraction of sp³-hybridized carbons (Fsp3) is 0.412. The van der Waals surface area contributed by atoms with E-state index in [0.29, 0.717) is 0 Å². The van der Waals surface area contributed by atoms with Crippen LogP contribution < -0.4 is 5.32 Å². The van der Waals surface area contributed by atoms with E-state index in [1.807, 2.05) is 0 Å². The van der Waals surface area contributed by atoms with Crippen molar-refractivity contribution in [2.45, 2.75) is 39.5 Å². The number of hydrogen-bond donors (Lipinski definition) is 1. The Morgan fingerprint density at radius 2 is 1.95 bits per heavy atom. The van der Waals surface area contributed by atoms with Gasteiger partial charge >= 0.3 is 0 Å². The van der Waals surface area contributed by atoms with E-state index in [4.69, 9.17) is 9.97 Å². The van der Waals surface area contributed by atoms with Crippen molar-refractivity contribution < 1.29 is 0 Å². The normalized spacial score (nSPS) is 13.3. The van der Waals surface area contributed by atoms with Crippen molar-refractivity contribution >= 4 is 5.82 Å². The summed E-state index contributed by atoms with van der Waals surface area (Å²) in [6.45, 7) is 5.19. The summed E-state index contributed by atoms with van der Waals surface area (Å²) in [5, 5.41) is 3.40. The zero-order valence-electron chi connectivity index (χ0n) is 12.2. The minimum Gasteiger partial charge on any atom is -0.370 e. The highest BCUT2D eigenvalue weighted by atomic mass is 15.0. The van der Waals surface area contributed by atoms with Gasteiger partial charge in [-0.2, -0.15) is 0 Å². The first-order valence-electron chi connectivity index (χ1n) is 7.55. The van der Waals surface area contributed by atoms with Crippen molar-refractivity contribution in [3.63, 3.8) is 0 Å². The summed E-state index contributed by atoms with van der Waals surface area (Å²) in [6, 6.07) is 8.45. The first kappa shape index (κ1) is 13.1. The van der Waals surface area contributed by atoms with Crippen LogP contribution in [0.1, 0.15) is 37.1 Å². The number of nitrogens with one attached hydrogen (secondary N) is 1. The summed E-state index contributed by atoms with van der Waals surface area (Å²) < 4.78 is 0. The summed E-state index contributed by atoms with van der Waals surface area (Å²) in [5.41, 5.74) is 5.04. The van der Waals surface area contributed by atoms with Gasteiger partial charge in [-0.15, -0.1) is 0 Å². The predicted octanol–water partition coefficient (Wildman–Crippen LogP) is 3.63. The quantitative estimate of drug-likeness (QED) is 0.919. The molecule has 1 N–H and O–H groups in total. The molecule has 2 aromatic rings. The van der Waals surface area contributed by atoms with E-state index in [0.717, 1.165) is 37.4 Å². The Hall–Kier alpha value is -1.90. The Balaban J connectivity index is 2.12. The maximum absolute atomic E-state index is 4.82. The SMILES string of the molecule is CCNc1nc(-c2ccccc2CC)nc2c1CCC2. The molecule has 1 aliphatic rings. The van der Waals surface area contributed by atoms with Gasteiger partial charge in [-0.1, -0.05) is 31.2 Å². The lowest BCUT2D eigenvalue weighted by molar-refractivity contribution is 0.899. The molecule has 0 spiro atoms. The maximum atomic E-state index is 4.82. The third kappa shape index (κ3) is 2.28. The van der Waals surface area contributed by atoms with E-state index >= 15 is 0 Å². The van der Waals surface area contributed by atoms with Crippen molar-refractivity contribution in [1.29, 1.82) is 0 Å². The topological polar surface area (TPSA) is 37.8 Å². The molecule has 1 aliphatic carbocycles. The molecule has 0 amide bonds. The number of aryl methyl sites for hydroxylation is 2. The molecule has 0 radical (unpaired) electrons. The van der Waals surface area contributed by atoms with E-state index in [1.54, 1.807) is 0 Å². The molecule has 0 atom stereocenters. The molecule has 3 nitrogen and oxygen atoms in total. The van der Waals surface area contributed by atoms with Gasteiger partial charge in [0, 0.05) is 23.4 Å². The number of hydrogen-bond acceptors (Lipinski definition) is 3. The molecular formula is C17H21N3. The number of benzene rings is 1. The van der Waals surface area contributed by atoms with E-state index in [-0.39, 0.29) is 0 Å². The Kier molecular flexibility index (Phi) is 3.68. The molecule has 0 saturated heterocycles. The maximum Gasteiger partial charge on any atom is 0.162 e. The predicted molar refractivity (Wildman–Crippen MR) is 83.0 cm³/mol. The van der Waals surface area contributed by atoms with Crippen LogP contribution in [0.2, 0.25) is 0 Å². The van der Waals surface area contributed by atoms with E-state index in [2.05, 4.69) is 43.4 Å². The van der Waals surface area contributed by atoms with Crippen LogP contribution in [0.5, 0.6) is 0 Å².